The minimum absolute atomic E-state index is 0.0627. The summed E-state index contributed by atoms with van der Waals surface area (Å²) in [5, 5.41) is 1.38. The molecule has 0 aromatic heterocycles. The Bertz CT molecular complexity index is 559. The zero-order valence-electron chi connectivity index (χ0n) is 11.8. The van der Waals surface area contributed by atoms with Gasteiger partial charge in [0.25, 0.3) is 0 Å². The van der Waals surface area contributed by atoms with Gasteiger partial charge in [-0.3, -0.25) is 0 Å². The topological polar surface area (TPSA) is 30.8 Å². The average molecular weight is 399 g/mol. The van der Waals surface area contributed by atoms with E-state index in [4.69, 9.17) is 44.3 Å². The van der Waals surface area contributed by atoms with E-state index in [1.807, 2.05) is 25.1 Å². The van der Waals surface area contributed by atoms with Gasteiger partial charge >= 0.3 is 6.08 Å². The van der Waals surface area contributed by atoms with E-state index in [2.05, 4.69) is 17.6 Å². The van der Waals surface area contributed by atoms with Crippen LogP contribution in [-0.4, -0.2) is 19.3 Å². The van der Waals surface area contributed by atoms with Crippen molar-refractivity contribution in [2.75, 3.05) is 13.2 Å². The summed E-state index contributed by atoms with van der Waals surface area (Å²) in [4.78, 5) is 1.04. The monoisotopic (exact) mass is 397 g/mol. The lowest BCUT2D eigenvalue weighted by atomic mass is 10.2. The van der Waals surface area contributed by atoms with Crippen LogP contribution in [0.15, 0.2) is 50.7 Å². The number of benzene rings is 1. The van der Waals surface area contributed by atoms with Gasteiger partial charge in [-0.2, -0.15) is 0 Å². The van der Waals surface area contributed by atoms with Crippen LogP contribution in [-0.2, 0) is 9.47 Å². The molecule has 1 rings (SSSR count). The molecule has 0 atom stereocenters. The van der Waals surface area contributed by atoms with Crippen LogP contribution in [0.1, 0.15) is 5.56 Å². The van der Waals surface area contributed by atoms with E-state index in [1.165, 1.54) is 21.8 Å². The Morgan fingerprint density at radius 2 is 1.77 bits per heavy atom. The van der Waals surface area contributed by atoms with Crippen LogP contribution in [0, 0.1) is 6.92 Å². The van der Waals surface area contributed by atoms with Crippen molar-refractivity contribution in [2.24, 2.45) is 4.40 Å². The fourth-order valence-corrected chi connectivity index (χ4v) is 3.20. The molecule has 1 aromatic carbocycles. The third kappa shape index (κ3) is 8.25. The molecule has 3 nitrogen and oxygen atoms in total. The van der Waals surface area contributed by atoms with Crippen LogP contribution in [0.2, 0.25) is 5.02 Å². The molecule has 120 valence electrons. The number of nitrogens with zero attached hydrogens (tertiary/aromatic N) is 1. The molecule has 22 heavy (non-hydrogen) atoms. The van der Waals surface area contributed by atoms with E-state index in [-0.39, 0.29) is 19.3 Å². The minimum Gasteiger partial charge on any atom is -0.444 e. The van der Waals surface area contributed by atoms with E-state index in [0.717, 1.165) is 10.5 Å². The van der Waals surface area contributed by atoms with Crippen molar-refractivity contribution in [1.29, 1.82) is 0 Å². The Balaban J connectivity index is 2.62. The first-order valence-corrected chi connectivity index (χ1v) is 9.22. The quantitative estimate of drug-likeness (QED) is 0.237. The standard InChI is InChI=1S/C14H14Cl3NO2S2/c1-9-6-12(17)4-5-13(9)21-22-18-14(19-7-10(2)15)20-8-11(3)16/h4-6H,2-3,7-8H2,1H3. The van der Waals surface area contributed by atoms with Crippen LogP contribution in [0.3, 0.4) is 0 Å². The molecule has 0 amide bonds. The minimum atomic E-state index is 0.0627. The number of halogens is 3. The highest BCUT2D eigenvalue weighted by molar-refractivity contribution is 8.76. The maximum atomic E-state index is 5.92. The molecule has 1 aromatic rings. The van der Waals surface area contributed by atoms with Gasteiger partial charge in [-0.05, 0) is 41.5 Å². The maximum absolute atomic E-state index is 5.92. The number of rotatable bonds is 7. The highest BCUT2D eigenvalue weighted by Crippen LogP contribution is 2.35. The molecule has 0 aliphatic carbocycles. The summed E-state index contributed by atoms with van der Waals surface area (Å²) < 4.78 is 14.7. The van der Waals surface area contributed by atoms with Gasteiger partial charge in [0.05, 0.1) is 11.0 Å². The van der Waals surface area contributed by atoms with Crippen LogP contribution < -0.4 is 0 Å². The second-order valence-electron chi connectivity index (χ2n) is 4.04. The summed E-state index contributed by atoms with van der Waals surface area (Å²) in [5.41, 5.74) is 1.06. The van der Waals surface area contributed by atoms with Gasteiger partial charge in [-0.25, -0.2) is 0 Å². The Labute approximate surface area is 153 Å². The molecule has 8 heteroatoms. The van der Waals surface area contributed by atoms with Crippen molar-refractivity contribution < 1.29 is 9.47 Å². The molecule has 0 bridgehead atoms. The van der Waals surface area contributed by atoms with Crippen molar-refractivity contribution in [3.8, 4) is 0 Å². The predicted molar refractivity (Wildman–Crippen MR) is 99.0 cm³/mol. The lowest BCUT2D eigenvalue weighted by Gasteiger charge is -2.09. The predicted octanol–water partition coefficient (Wildman–Crippen LogP) is 6.20. The summed E-state index contributed by atoms with van der Waals surface area (Å²) in [6.45, 7) is 9.23. The van der Waals surface area contributed by atoms with Crippen LogP contribution >= 0.6 is 56.6 Å². The molecule has 0 spiro atoms. The smallest absolute Gasteiger partial charge is 0.396 e. The molecule has 0 aliphatic rings. The Morgan fingerprint density at radius 3 is 2.27 bits per heavy atom. The van der Waals surface area contributed by atoms with Crippen molar-refractivity contribution in [3.63, 3.8) is 0 Å². The SMILES string of the molecule is C=C(Cl)COC(=NSSc1ccc(Cl)cc1C)OCC(=C)Cl. The molecule has 0 saturated heterocycles. The van der Waals surface area contributed by atoms with E-state index in [0.29, 0.717) is 15.1 Å². The van der Waals surface area contributed by atoms with Gasteiger partial charge in [-0.15, -0.1) is 4.40 Å². The molecular weight excluding hydrogens is 385 g/mol. The second-order valence-corrected chi connectivity index (χ2v) is 7.43. The molecule has 0 N–H and O–H groups in total. The lowest BCUT2D eigenvalue weighted by Crippen LogP contribution is -2.11. The van der Waals surface area contributed by atoms with E-state index in [1.54, 1.807) is 0 Å². The van der Waals surface area contributed by atoms with Crippen LogP contribution in [0.4, 0.5) is 0 Å². The van der Waals surface area contributed by atoms with E-state index in [9.17, 15) is 0 Å². The highest BCUT2D eigenvalue weighted by Gasteiger charge is 2.06. The van der Waals surface area contributed by atoms with Crippen molar-refractivity contribution >= 4 is 62.7 Å². The lowest BCUT2D eigenvalue weighted by molar-refractivity contribution is 0.198. The van der Waals surface area contributed by atoms with Crippen LogP contribution in [0.25, 0.3) is 0 Å². The van der Waals surface area contributed by atoms with Crippen molar-refractivity contribution in [1.82, 2.24) is 0 Å². The van der Waals surface area contributed by atoms with Crippen LogP contribution in [0.5, 0.6) is 0 Å². The normalized spacial score (nSPS) is 10.0. The third-order valence-corrected chi connectivity index (χ3v) is 4.46. The number of hydrogen-bond acceptors (Lipinski definition) is 5. The van der Waals surface area contributed by atoms with Gasteiger partial charge < -0.3 is 9.47 Å². The summed E-state index contributed by atoms with van der Waals surface area (Å²) in [6.07, 6.45) is 0.0627. The summed E-state index contributed by atoms with van der Waals surface area (Å²) in [6, 6.07) is 5.63. The maximum Gasteiger partial charge on any atom is 0.396 e. The molecule has 0 heterocycles. The zero-order valence-corrected chi connectivity index (χ0v) is 15.7. The third-order valence-electron chi connectivity index (χ3n) is 2.08. The van der Waals surface area contributed by atoms with E-state index < -0.39 is 0 Å². The summed E-state index contributed by atoms with van der Waals surface area (Å²) in [7, 11) is 2.66. The summed E-state index contributed by atoms with van der Waals surface area (Å²) >= 11 is 17.2. The molecular formula is C14H14Cl3NO2S2. The first-order valence-electron chi connectivity index (χ1n) is 5.98. The van der Waals surface area contributed by atoms with Gasteiger partial charge in [0.2, 0.25) is 0 Å². The van der Waals surface area contributed by atoms with Gasteiger partial charge in [0.15, 0.2) is 0 Å². The zero-order chi connectivity index (χ0) is 16.5. The highest BCUT2D eigenvalue weighted by atomic mass is 35.5. The molecule has 0 fully saturated rings. The molecule has 0 unspecified atom stereocenters. The number of ether oxygens (including phenoxy) is 2. The largest absolute Gasteiger partial charge is 0.444 e. The fraction of sp³-hybridized carbons (Fsp3) is 0.214. The second kappa shape index (κ2) is 10.3. The van der Waals surface area contributed by atoms with Gasteiger partial charge in [0.1, 0.15) is 13.2 Å². The summed E-state index contributed by atoms with van der Waals surface area (Å²) in [5.74, 6) is 0. The van der Waals surface area contributed by atoms with Gasteiger partial charge in [0, 0.05) is 20.0 Å². The molecule has 0 saturated carbocycles. The van der Waals surface area contributed by atoms with E-state index >= 15 is 0 Å². The number of hydrogen-bond donors (Lipinski definition) is 0. The first kappa shape index (κ1) is 19.6. The average Bonchev–Trinajstić information content (AvgIpc) is 2.43. The van der Waals surface area contributed by atoms with Gasteiger partial charge in [-0.1, -0.05) is 48.0 Å². The fourth-order valence-electron chi connectivity index (χ4n) is 1.17. The van der Waals surface area contributed by atoms with Crippen molar-refractivity contribution in [2.45, 2.75) is 11.8 Å². The Morgan fingerprint density at radius 1 is 1.18 bits per heavy atom. The molecule has 0 aliphatic heterocycles. The Hall–Kier alpha value is -0.460. The first-order chi connectivity index (χ1) is 10.4. The molecule has 0 radical (unpaired) electrons. The van der Waals surface area contributed by atoms with Crippen molar-refractivity contribution in [3.05, 3.63) is 52.0 Å². The Kier molecular flexibility index (Phi) is 9.21. The number of aryl methyl sites for hydroxylation is 1.